The number of pyridine rings is 1. The average Bonchev–Trinajstić information content (AvgIpc) is 3.62. The van der Waals surface area contributed by atoms with Gasteiger partial charge in [-0.15, -0.1) is 0 Å². The van der Waals surface area contributed by atoms with E-state index in [-0.39, 0.29) is 35.5 Å². The molecule has 6 rings (SSSR count). The summed E-state index contributed by atoms with van der Waals surface area (Å²) in [6.07, 6.45) is 7.90. The second-order valence-electron chi connectivity index (χ2n) is 9.39. The molecule has 0 aliphatic carbocycles. The molecular formula is C24H25N9O3. The molecule has 4 N–H and O–H groups in total. The number of hydrogen-bond acceptors (Lipinski definition) is 9. The Hall–Kier alpha value is -4.19. The van der Waals surface area contributed by atoms with Crippen molar-refractivity contribution < 1.29 is 14.7 Å². The molecule has 1 unspecified atom stereocenters. The van der Waals surface area contributed by atoms with E-state index in [4.69, 9.17) is 10.7 Å². The highest BCUT2D eigenvalue weighted by Crippen LogP contribution is 2.44. The topological polar surface area (TPSA) is 168 Å². The number of hydrogen-bond donors (Lipinski definition) is 3. The molecule has 2 saturated heterocycles. The Bertz CT molecular complexity index is 1450. The number of aromatic amines is 1. The lowest BCUT2D eigenvalue weighted by Crippen LogP contribution is -2.47. The van der Waals surface area contributed by atoms with Crippen LogP contribution in [0, 0.1) is 0 Å². The molecule has 4 aromatic heterocycles. The van der Waals surface area contributed by atoms with Gasteiger partial charge in [0.15, 0.2) is 17.3 Å². The number of nitrogens with zero attached hydrogens (tertiary/aromatic N) is 7. The van der Waals surface area contributed by atoms with Crippen molar-refractivity contribution in [3.05, 3.63) is 42.1 Å². The van der Waals surface area contributed by atoms with Gasteiger partial charge in [0.2, 0.25) is 5.91 Å². The summed E-state index contributed by atoms with van der Waals surface area (Å²) < 4.78 is 1.50. The van der Waals surface area contributed by atoms with Crippen LogP contribution in [0.5, 0.6) is 0 Å². The minimum atomic E-state index is -0.490. The molecule has 3 atom stereocenters. The number of ketones is 1. The summed E-state index contributed by atoms with van der Waals surface area (Å²) in [6, 6.07) is 3.77. The molecule has 4 aromatic rings. The summed E-state index contributed by atoms with van der Waals surface area (Å²) in [5.74, 6) is 0.369. The van der Waals surface area contributed by atoms with Crippen molar-refractivity contribution in [1.29, 1.82) is 0 Å². The van der Waals surface area contributed by atoms with E-state index >= 15 is 0 Å². The van der Waals surface area contributed by atoms with E-state index in [0.29, 0.717) is 41.3 Å². The molecule has 2 bridgehead atoms. The number of aliphatic hydroxyl groups is 1. The molecule has 12 heteroatoms. The van der Waals surface area contributed by atoms with Crippen LogP contribution in [0.2, 0.25) is 0 Å². The molecule has 0 radical (unpaired) electrons. The van der Waals surface area contributed by atoms with Gasteiger partial charge in [0.1, 0.15) is 24.4 Å². The molecule has 2 fully saturated rings. The lowest BCUT2D eigenvalue weighted by Gasteiger charge is -2.39. The zero-order valence-electron chi connectivity index (χ0n) is 19.6. The van der Waals surface area contributed by atoms with Crippen LogP contribution in [0.25, 0.3) is 28.3 Å². The van der Waals surface area contributed by atoms with Crippen molar-refractivity contribution >= 4 is 23.2 Å². The summed E-state index contributed by atoms with van der Waals surface area (Å²) in [5, 5.41) is 20.5. The number of carbonyl (C=O) groups is 2. The van der Waals surface area contributed by atoms with Crippen molar-refractivity contribution in [3.8, 4) is 22.6 Å². The first-order chi connectivity index (χ1) is 17.5. The fourth-order valence-corrected chi connectivity index (χ4v) is 5.80. The van der Waals surface area contributed by atoms with E-state index in [1.807, 2.05) is 17.0 Å². The van der Waals surface area contributed by atoms with Crippen LogP contribution >= 0.6 is 0 Å². The molecule has 6 heterocycles. The van der Waals surface area contributed by atoms with E-state index in [1.54, 1.807) is 12.4 Å². The second-order valence-corrected chi connectivity index (χ2v) is 9.39. The van der Waals surface area contributed by atoms with E-state index in [9.17, 15) is 14.7 Å². The maximum Gasteiger partial charge on any atom is 0.248 e. The second kappa shape index (κ2) is 8.48. The van der Waals surface area contributed by atoms with Gasteiger partial charge in [-0.1, -0.05) is 6.07 Å². The lowest BCUT2D eigenvalue weighted by atomic mass is 9.85. The number of nitrogens with two attached hydrogens (primary N) is 1. The van der Waals surface area contributed by atoms with E-state index < -0.39 is 6.61 Å². The Balaban J connectivity index is 1.42. The normalized spacial score (nSPS) is 21.3. The number of rotatable bonds is 5. The van der Waals surface area contributed by atoms with E-state index in [1.165, 1.54) is 17.8 Å². The maximum atomic E-state index is 12.7. The first kappa shape index (κ1) is 22.3. The molecule has 12 nitrogen and oxygen atoms in total. The zero-order chi connectivity index (χ0) is 25.0. The summed E-state index contributed by atoms with van der Waals surface area (Å²) in [7, 11) is 0. The minimum absolute atomic E-state index is 0.0182. The third-order valence-corrected chi connectivity index (χ3v) is 7.34. The number of nitrogens with one attached hydrogen (secondary N) is 1. The van der Waals surface area contributed by atoms with Crippen LogP contribution in [0.4, 0.5) is 5.82 Å². The third kappa shape index (κ3) is 3.44. The highest BCUT2D eigenvalue weighted by atomic mass is 16.3. The van der Waals surface area contributed by atoms with Crippen molar-refractivity contribution in [2.45, 2.75) is 50.6 Å². The predicted octanol–water partition coefficient (Wildman–Crippen LogP) is 1.59. The van der Waals surface area contributed by atoms with Crippen LogP contribution in [0.3, 0.4) is 0 Å². The molecule has 0 saturated carbocycles. The SMILES string of the molecule is CC(=O)c1c(C2C[C@H]3CC[C@@H](C2)N3C(=O)CO)nc2c(-c3ccc(-c4ncn[nH]4)nc3)cnn2c1N. The molecule has 0 aromatic carbocycles. The number of nitrogen functional groups attached to an aromatic ring is 1. The monoisotopic (exact) mass is 487 g/mol. The average molecular weight is 488 g/mol. The van der Waals surface area contributed by atoms with Gasteiger partial charge < -0.3 is 15.7 Å². The summed E-state index contributed by atoms with van der Waals surface area (Å²) >= 11 is 0. The van der Waals surface area contributed by atoms with Gasteiger partial charge in [0, 0.05) is 35.3 Å². The van der Waals surface area contributed by atoms with Crippen molar-refractivity contribution in [3.63, 3.8) is 0 Å². The highest BCUT2D eigenvalue weighted by Gasteiger charge is 2.44. The van der Waals surface area contributed by atoms with Crippen molar-refractivity contribution in [2.75, 3.05) is 12.3 Å². The van der Waals surface area contributed by atoms with Gasteiger partial charge in [-0.05, 0) is 38.7 Å². The largest absolute Gasteiger partial charge is 0.387 e. The number of carbonyl (C=O) groups excluding carboxylic acids is 2. The Morgan fingerprint density at radius 1 is 1.17 bits per heavy atom. The smallest absolute Gasteiger partial charge is 0.248 e. The fraction of sp³-hybridized carbons (Fsp3) is 0.375. The van der Waals surface area contributed by atoms with Gasteiger partial charge in [0.05, 0.1) is 17.5 Å². The van der Waals surface area contributed by atoms with Gasteiger partial charge in [-0.25, -0.2) is 9.97 Å². The number of aliphatic hydroxyl groups excluding tert-OH is 1. The molecule has 2 aliphatic heterocycles. The van der Waals surface area contributed by atoms with E-state index in [0.717, 1.165) is 24.0 Å². The Kier molecular flexibility index (Phi) is 5.25. The number of fused-ring (bicyclic) bond motifs is 3. The molecule has 184 valence electrons. The lowest BCUT2D eigenvalue weighted by molar-refractivity contribution is -0.138. The Labute approximate surface area is 205 Å². The quantitative estimate of drug-likeness (QED) is 0.354. The van der Waals surface area contributed by atoms with Crippen LogP contribution in [0.15, 0.2) is 30.9 Å². The van der Waals surface area contributed by atoms with Crippen LogP contribution in [-0.2, 0) is 4.79 Å². The van der Waals surface area contributed by atoms with Crippen LogP contribution in [-0.4, -0.2) is 75.2 Å². The van der Waals surface area contributed by atoms with Crippen molar-refractivity contribution in [1.82, 2.24) is 39.7 Å². The third-order valence-electron chi connectivity index (χ3n) is 7.34. The molecule has 36 heavy (non-hydrogen) atoms. The first-order valence-electron chi connectivity index (χ1n) is 11.9. The molecule has 0 spiro atoms. The summed E-state index contributed by atoms with van der Waals surface area (Å²) in [4.78, 5) is 40.4. The first-order valence-corrected chi connectivity index (χ1v) is 11.9. The Morgan fingerprint density at radius 3 is 2.56 bits per heavy atom. The summed E-state index contributed by atoms with van der Waals surface area (Å²) in [5.41, 5.74) is 10.3. The minimum Gasteiger partial charge on any atom is -0.387 e. The van der Waals surface area contributed by atoms with E-state index in [2.05, 4.69) is 25.3 Å². The number of piperidine rings is 1. The van der Waals surface area contributed by atoms with Crippen molar-refractivity contribution in [2.24, 2.45) is 0 Å². The predicted molar refractivity (Wildman–Crippen MR) is 129 cm³/mol. The zero-order valence-corrected chi connectivity index (χ0v) is 19.6. The van der Waals surface area contributed by atoms with Gasteiger partial charge >= 0.3 is 0 Å². The number of amides is 1. The summed E-state index contributed by atoms with van der Waals surface area (Å²) in [6.45, 7) is 0.994. The number of H-pyrrole nitrogens is 1. The Morgan fingerprint density at radius 2 is 1.94 bits per heavy atom. The number of Topliss-reactive ketones (excluding diaryl/α,β-unsaturated/α-hetero) is 1. The van der Waals surface area contributed by atoms with Gasteiger partial charge in [-0.3, -0.25) is 19.7 Å². The molecule has 2 aliphatic rings. The van der Waals surface area contributed by atoms with Gasteiger partial charge in [0.25, 0.3) is 0 Å². The molecular weight excluding hydrogens is 462 g/mol. The standard InChI is InChI=1S/C24H25N9O3/c1-12(35)20-21(14-6-15-3-4-16(7-14)32(15)19(36)10-34)30-24-17(9-29-33(24)22(20)25)13-2-5-18(26-8-13)23-27-11-28-31-23/h2,5,8-9,11,14-16,34H,3-4,6-7,10,25H2,1H3,(H,27,28,31)/t14?,15-,16+. The van der Waals surface area contributed by atoms with Crippen LogP contribution in [0.1, 0.15) is 54.6 Å². The fourth-order valence-electron chi connectivity index (χ4n) is 5.80. The van der Waals surface area contributed by atoms with Gasteiger partial charge in [-0.2, -0.15) is 14.7 Å². The maximum absolute atomic E-state index is 12.7. The number of aromatic nitrogens is 7. The number of anilines is 1. The molecule has 1 amide bonds. The highest BCUT2D eigenvalue weighted by molar-refractivity contribution is 6.00. The van der Waals surface area contributed by atoms with Crippen LogP contribution < -0.4 is 5.73 Å².